The van der Waals surface area contributed by atoms with Gasteiger partial charge in [0.15, 0.2) is 0 Å². The van der Waals surface area contributed by atoms with Gasteiger partial charge in [0.2, 0.25) is 5.91 Å². The first-order valence-electron chi connectivity index (χ1n) is 6.37. The molecule has 2 rings (SSSR count). The topological polar surface area (TPSA) is 69.4 Å². The molecule has 0 saturated carbocycles. The fourth-order valence-electron chi connectivity index (χ4n) is 2.07. The number of methoxy groups -OCH3 is 1. The lowest BCUT2D eigenvalue weighted by Gasteiger charge is -2.10. The van der Waals surface area contributed by atoms with Crippen molar-refractivity contribution in [1.82, 2.24) is 0 Å². The molecular weight excluding hydrogens is 266 g/mol. The third kappa shape index (κ3) is 3.36. The Morgan fingerprint density at radius 2 is 1.62 bits per heavy atom. The number of amides is 1. The quantitative estimate of drug-likeness (QED) is 0.692. The maximum Gasteiger partial charge on any atom is 0.338 e. The number of benzene rings is 2. The second-order valence-corrected chi connectivity index (χ2v) is 4.36. The second kappa shape index (κ2) is 6.52. The van der Waals surface area contributed by atoms with Gasteiger partial charge < -0.3 is 10.5 Å². The number of hydrogen-bond donors (Lipinski definition) is 1. The van der Waals surface area contributed by atoms with Crippen LogP contribution in [0.4, 0.5) is 0 Å². The maximum absolute atomic E-state index is 11.9. The Labute approximate surface area is 122 Å². The Morgan fingerprint density at radius 3 is 2.29 bits per heavy atom. The average molecular weight is 281 g/mol. The normalized spacial score (nSPS) is 10.5. The van der Waals surface area contributed by atoms with Crippen LogP contribution in [0.2, 0.25) is 0 Å². The standard InChI is InChI=1S/C17H15NO3/c1-21-17(20)15-9-5-4-8-14(15)13-7-3-2-6-12(13)10-11-16(18)19/h2-11H,1H3,(H2,18,19)/b11-10+. The first kappa shape index (κ1) is 14.5. The van der Waals surface area contributed by atoms with Gasteiger partial charge in [0.1, 0.15) is 0 Å². The van der Waals surface area contributed by atoms with Crippen molar-refractivity contribution in [3.05, 3.63) is 65.7 Å². The molecule has 0 bridgehead atoms. The van der Waals surface area contributed by atoms with E-state index in [1.54, 1.807) is 18.2 Å². The molecular formula is C17H15NO3. The molecule has 0 aliphatic heterocycles. The zero-order valence-electron chi connectivity index (χ0n) is 11.6. The second-order valence-electron chi connectivity index (χ2n) is 4.36. The van der Waals surface area contributed by atoms with Crippen LogP contribution in [0.1, 0.15) is 15.9 Å². The lowest BCUT2D eigenvalue weighted by molar-refractivity contribution is -0.113. The third-order valence-corrected chi connectivity index (χ3v) is 3.01. The van der Waals surface area contributed by atoms with Gasteiger partial charge in [-0.25, -0.2) is 4.79 Å². The van der Waals surface area contributed by atoms with Gasteiger partial charge in [0.05, 0.1) is 12.7 Å². The zero-order chi connectivity index (χ0) is 15.2. The van der Waals surface area contributed by atoms with E-state index in [0.717, 1.165) is 16.7 Å². The molecule has 0 radical (unpaired) electrons. The number of carbonyl (C=O) groups excluding carboxylic acids is 2. The first-order chi connectivity index (χ1) is 10.1. The molecule has 4 heteroatoms. The predicted molar refractivity (Wildman–Crippen MR) is 81.4 cm³/mol. The summed E-state index contributed by atoms with van der Waals surface area (Å²) >= 11 is 0. The molecule has 0 unspecified atom stereocenters. The molecule has 106 valence electrons. The molecule has 0 atom stereocenters. The molecule has 0 fully saturated rings. The van der Waals surface area contributed by atoms with Crippen LogP contribution in [0.15, 0.2) is 54.6 Å². The van der Waals surface area contributed by atoms with Crippen molar-refractivity contribution in [2.24, 2.45) is 5.73 Å². The van der Waals surface area contributed by atoms with E-state index in [9.17, 15) is 9.59 Å². The van der Waals surface area contributed by atoms with E-state index in [1.807, 2.05) is 36.4 Å². The van der Waals surface area contributed by atoms with Gasteiger partial charge in [-0.15, -0.1) is 0 Å². The molecule has 4 nitrogen and oxygen atoms in total. The summed E-state index contributed by atoms with van der Waals surface area (Å²) < 4.78 is 4.81. The van der Waals surface area contributed by atoms with Crippen LogP contribution in [0.5, 0.6) is 0 Å². The molecule has 1 amide bonds. The van der Waals surface area contributed by atoms with Crippen molar-refractivity contribution in [1.29, 1.82) is 0 Å². The minimum Gasteiger partial charge on any atom is -0.465 e. The Balaban J connectivity index is 2.58. The van der Waals surface area contributed by atoms with Crippen molar-refractivity contribution in [3.8, 4) is 11.1 Å². The fraction of sp³-hybridized carbons (Fsp3) is 0.0588. The van der Waals surface area contributed by atoms with E-state index < -0.39 is 11.9 Å². The molecule has 0 spiro atoms. The van der Waals surface area contributed by atoms with Crippen LogP contribution in [0, 0.1) is 0 Å². The van der Waals surface area contributed by atoms with E-state index >= 15 is 0 Å². The minimum absolute atomic E-state index is 0.403. The van der Waals surface area contributed by atoms with E-state index in [2.05, 4.69) is 0 Å². The Kier molecular flexibility index (Phi) is 4.51. The van der Waals surface area contributed by atoms with Gasteiger partial charge in [0, 0.05) is 6.08 Å². The average Bonchev–Trinajstić information content (AvgIpc) is 2.52. The van der Waals surface area contributed by atoms with Gasteiger partial charge in [-0.1, -0.05) is 42.5 Å². The van der Waals surface area contributed by atoms with Gasteiger partial charge >= 0.3 is 5.97 Å². The molecule has 2 aromatic carbocycles. The summed E-state index contributed by atoms with van der Waals surface area (Å²) in [5.41, 5.74) is 7.97. The highest BCUT2D eigenvalue weighted by Crippen LogP contribution is 2.28. The summed E-state index contributed by atoms with van der Waals surface area (Å²) in [5.74, 6) is -0.926. The lowest BCUT2D eigenvalue weighted by atomic mass is 9.95. The molecule has 21 heavy (non-hydrogen) atoms. The Hall–Kier alpha value is -2.88. The number of primary amides is 1. The molecule has 0 heterocycles. The van der Waals surface area contributed by atoms with Gasteiger partial charge in [-0.2, -0.15) is 0 Å². The smallest absolute Gasteiger partial charge is 0.338 e. The summed E-state index contributed by atoms with van der Waals surface area (Å²) in [6.45, 7) is 0. The molecule has 2 N–H and O–H groups in total. The Bertz CT molecular complexity index is 705. The summed E-state index contributed by atoms with van der Waals surface area (Å²) in [5, 5.41) is 0. The number of hydrogen-bond acceptors (Lipinski definition) is 3. The summed E-state index contributed by atoms with van der Waals surface area (Å²) in [6, 6.07) is 14.6. The molecule has 0 aromatic heterocycles. The van der Waals surface area contributed by atoms with Crippen LogP contribution < -0.4 is 5.73 Å². The highest BCUT2D eigenvalue weighted by molar-refractivity contribution is 5.99. The van der Waals surface area contributed by atoms with Crippen LogP contribution in [0.3, 0.4) is 0 Å². The van der Waals surface area contributed by atoms with Crippen LogP contribution >= 0.6 is 0 Å². The highest BCUT2D eigenvalue weighted by atomic mass is 16.5. The molecule has 2 aromatic rings. The van der Waals surface area contributed by atoms with Crippen molar-refractivity contribution in [2.45, 2.75) is 0 Å². The van der Waals surface area contributed by atoms with Gasteiger partial charge in [0.25, 0.3) is 0 Å². The van der Waals surface area contributed by atoms with Crippen molar-refractivity contribution >= 4 is 18.0 Å². The number of ether oxygens (including phenoxy) is 1. The minimum atomic E-state index is -0.522. The van der Waals surface area contributed by atoms with E-state index in [4.69, 9.17) is 10.5 Å². The summed E-state index contributed by atoms with van der Waals surface area (Å²) in [4.78, 5) is 22.8. The molecule has 0 aliphatic rings. The van der Waals surface area contributed by atoms with Crippen LogP contribution in [0.25, 0.3) is 17.2 Å². The van der Waals surface area contributed by atoms with E-state index in [1.165, 1.54) is 13.2 Å². The lowest BCUT2D eigenvalue weighted by Crippen LogP contribution is -2.05. The van der Waals surface area contributed by atoms with Crippen molar-refractivity contribution < 1.29 is 14.3 Å². The molecule has 0 saturated heterocycles. The Morgan fingerprint density at radius 1 is 1.00 bits per heavy atom. The van der Waals surface area contributed by atoms with Crippen LogP contribution in [-0.4, -0.2) is 19.0 Å². The predicted octanol–water partition coefficient (Wildman–Crippen LogP) is 2.64. The number of carbonyl (C=O) groups is 2. The fourth-order valence-corrected chi connectivity index (χ4v) is 2.07. The summed E-state index contributed by atoms with van der Waals surface area (Å²) in [7, 11) is 1.35. The first-order valence-corrected chi connectivity index (χ1v) is 6.37. The summed E-state index contributed by atoms with van der Waals surface area (Å²) in [6.07, 6.45) is 2.92. The number of nitrogens with two attached hydrogens (primary N) is 1. The highest BCUT2D eigenvalue weighted by Gasteiger charge is 2.13. The van der Waals surface area contributed by atoms with Crippen LogP contribution in [-0.2, 0) is 9.53 Å². The number of esters is 1. The molecule has 0 aliphatic carbocycles. The van der Waals surface area contributed by atoms with Crippen molar-refractivity contribution in [3.63, 3.8) is 0 Å². The van der Waals surface area contributed by atoms with E-state index in [0.29, 0.717) is 5.56 Å². The SMILES string of the molecule is COC(=O)c1ccccc1-c1ccccc1/C=C/C(N)=O. The van der Waals surface area contributed by atoms with E-state index in [-0.39, 0.29) is 0 Å². The van der Waals surface area contributed by atoms with Crippen molar-refractivity contribution in [2.75, 3.05) is 7.11 Å². The van der Waals surface area contributed by atoms with Gasteiger partial charge in [-0.05, 0) is 28.8 Å². The largest absolute Gasteiger partial charge is 0.465 e. The zero-order valence-corrected chi connectivity index (χ0v) is 11.6. The maximum atomic E-state index is 11.9. The monoisotopic (exact) mass is 281 g/mol. The third-order valence-electron chi connectivity index (χ3n) is 3.01. The van der Waals surface area contributed by atoms with Gasteiger partial charge in [-0.3, -0.25) is 4.79 Å². The number of rotatable bonds is 4.